The molecular formula is C14H12BrNO3. The van der Waals surface area contributed by atoms with Crippen LogP contribution < -0.4 is 0 Å². The smallest absolute Gasteiger partial charge is 0.358 e. The topological polar surface area (TPSA) is 63.3 Å². The van der Waals surface area contributed by atoms with Crippen LogP contribution in [0.5, 0.6) is 0 Å². The highest BCUT2D eigenvalue weighted by molar-refractivity contribution is 9.10. The minimum atomic E-state index is -1.08. The maximum atomic E-state index is 10.8. The van der Waals surface area contributed by atoms with Gasteiger partial charge in [0.05, 0.1) is 0 Å². The van der Waals surface area contributed by atoms with E-state index < -0.39 is 5.97 Å². The quantitative estimate of drug-likeness (QED) is 0.916. The van der Waals surface area contributed by atoms with Crippen LogP contribution in [-0.2, 0) is 12.8 Å². The van der Waals surface area contributed by atoms with Crippen LogP contribution in [0.15, 0.2) is 27.2 Å². The van der Waals surface area contributed by atoms with E-state index in [0.29, 0.717) is 5.76 Å². The van der Waals surface area contributed by atoms with Gasteiger partial charge in [0.2, 0.25) is 0 Å². The van der Waals surface area contributed by atoms with Gasteiger partial charge in [0, 0.05) is 16.1 Å². The van der Waals surface area contributed by atoms with Crippen LogP contribution in [0, 0.1) is 0 Å². The van der Waals surface area contributed by atoms with Crippen molar-refractivity contribution in [1.29, 1.82) is 0 Å². The summed E-state index contributed by atoms with van der Waals surface area (Å²) in [5.41, 5.74) is 3.47. The summed E-state index contributed by atoms with van der Waals surface area (Å²) in [5.74, 6) is -0.585. The van der Waals surface area contributed by atoms with Crippen molar-refractivity contribution in [3.05, 3.63) is 39.5 Å². The molecule has 0 fully saturated rings. The Morgan fingerprint density at radius 1 is 1.26 bits per heavy atom. The molecule has 0 radical (unpaired) electrons. The van der Waals surface area contributed by atoms with Crippen LogP contribution in [0.2, 0.25) is 0 Å². The van der Waals surface area contributed by atoms with E-state index in [4.69, 9.17) is 9.63 Å². The molecule has 19 heavy (non-hydrogen) atoms. The van der Waals surface area contributed by atoms with Crippen molar-refractivity contribution in [2.45, 2.75) is 25.7 Å². The molecule has 3 rings (SSSR count). The molecule has 0 bridgehead atoms. The molecule has 0 aliphatic heterocycles. The fourth-order valence-corrected chi connectivity index (χ4v) is 3.17. The van der Waals surface area contributed by atoms with Gasteiger partial charge in [-0.25, -0.2) is 4.79 Å². The van der Waals surface area contributed by atoms with Gasteiger partial charge in [-0.2, -0.15) is 0 Å². The number of carbonyl (C=O) groups is 1. The molecule has 98 valence electrons. The fraction of sp³-hybridized carbons (Fsp3) is 0.286. The zero-order chi connectivity index (χ0) is 13.4. The Hall–Kier alpha value is -1.62. The van der Waals surface area contributed by atoms with E-state index in [9.17, 15) is 4.79 Å². The molecule has 4 nitrogen and oxygen atoms in total. The highest BCUT2D eigenvalue weighted by Crippen LogP contribution is 2.33. The average Bonchev–Trinajstić information content (AvgIpc) is 2.88. The van der Waals surface area contributed by atoms with Gasteiger partial charge >= 0.3 is 5.97 Å². The van der Waals surface area contributed by atoms with Crippen LogP contribution >= 0.6 is 15.9 Å². The Labute approximate surface area is 118 Å². The second kappa shape index (κ2) is 4.81. The third-order valence-electron chi connectivity index (χ3n) is 3.42. The molecule has 1 heterocycles. The Morgan fingerprint density at radius 3 is 2.79 bits per heavy atom. The average molecular weight is 322 g/mol. The lowest BCUT2D eigenvalue weighted by Crippen LogP contribution is -2.03. The van der Waals surface area contributed by atoms with E-state index in [1.807, 2.05) is 6.07 Å². The van der Waals surface area contributed by atoms with E-state index in [0.717, 1.165) is 22.9 Å². The number of aromatic carboxylic acids is 1. The third-order valence-corrected chi connectivity index (χ3v) is 4.13. The number of carboxylic acid groups (broad SMARTS) is 1. The number of rotatable bonds is 2. The van der Waals surface area contributed by atoms with E-state index >= 15 is 0 Å². The van der Waals surface area contributed by atoms with Gasteiger partial charge < -0.3 is 9.63 Å². The molecule has 0 unspecified atom stereocenters. The molecule has 0 atom stereocenters. The molecule has 1 aliphatic rings. The minimum Gasteiger partial charge on any atom is -0.476 e. The van der Waals surface area contributed by atoms with Crippen LogP contribution in [0.25, 0.3) is 11.3 Å². The molecule has 0 spiro atoms. The molecule has 1 aliphatic carbocycles. The minimum absolute atomic E-state index is 0.0659. The Balaban J connectivity index is 2.05. The molecule has 1 N–H and O–H groups in total. The maximum Gasteiger partial charge on any atom is 0.358 e. The first-order valence-corrected chi connectivity index (χ1v) is 6.96. The van der Waals surface area contributed by atoms with Crippen molar-refractivity contribution < 1.29 is 14.4 Å². The molecule has 0 saturated heterocycles. The number of carboxylic acids is 1. The van der Waals surface area contributed by atoms with Gasteiger partial charge in [-0.3, -0.25) is 0 Å². The van der Waals surface area contributed by atoms with Crippen molar-refractivity contribution in [1.82, 2.24) is 5.16 Å². The molecule has 5 heteroatoms. The number of halogens is 1. The molecule has 1 aromatic heterocycles. The Kier molecular flexibility index (Phi) is 3.14. The first-order chi connectivity index (χ1) is 9.15. The summed E-state index contributed by atoms with van der Waals surface area (Å²) >= 11 is 3.59. The van der Waals surface area contributed by atoms with E-state index in [2.05, 4.69) is 27.2 Å². The predicted molar refractivity (Wildman–Crippen MR) is 73.2 cm³/mol. The normalized spacial score (nSPS) is 14.2. The SMILES string of the molecule is O=C(O)c1cc(-c2cc(Br)c3c(c2)CCCC3)on1. The summed E-state index contributed by atoms with van der Waals surface area (Å²) in [7, 11) is 0. The lowest BCUT2D eigenvalue weighted by Gasteiger charge is -2.18. The van der Waals surface area contributed by atoms with Crippen molar-refractivity contribution >= 4 is 21.9 Å². The molecule has 2 aromatic rings. The number of hydrogen-bond acceptors (Lipinski definition) is 3. The molecule has 0 amide bonds. The number of fused-ring (bicyclic) bond motifs is 1. The van der Waals surface area contributed by atoms with E-state index in [1.165, 1.54) is 30.0 Å². The van der Waals surface area contributed by atoms with Crippen molar-refractivity contribution in [2.75, 3.05) is 0 Å². The standard InChI is InChI=1S/C14H12BrNO3/c15-11-6-9(5-8-3-1-2-4-10(8)11)13-7-12(14(17)18)16-19-13/h5-7H,1-4H2,(H,17,18). The summed E-state index contributed by atoms with van der Waals surface area (Å²) in [6.07, 6.45) is 4.56. The van der Waals surface area contributed by atoms with Crippen LogP contribution in [-0.4, -0.2) is 16.2 Å². The van der Waals surface area contributed by atoms with Gasteiger partial charge in [-0.15, -0.1) is 0 Å². The number of benzene rings is 1. The first kappa shape index (κ1) is 12.4. The second-order valence-electron chi connectivity index (χ2n) is 4.68. The highest BCUT2D eigenvalue weighted by atomic mass is 79.9. The number of nitrogens with zero attached hydrogens (tertiary/aromatic N) is 1. The molecule has 0 saturated carbocycles. The number of aromatic nitrogens is 1. The maximum absolute atomic E-state index is 10.8. The van der Waals surface area contributed by atoms with Gasteiger partial charge in [-0.1, -0.05) is 21.1 Å². The summed E-state index contributed by atoms with van der Waals surface area (Å²) < 4.78 is 6.17. The van der Waals surface area contributed by atoms with Gasteiger partial charge in [-0.05, 0) is 48.9 Å². The Morgan fingerprint density at radius 2 is 2.05 bits per heavy atom. The zero-order valence-electron chi connectivity index (χ0n) is 10.1. The van der Waals surface area contributed by atoms with Gasteiger partial charge in [0.1, 0.15) is 0 Å². The third kappa shape index (κ3) is 2.30. The highest BCUT2D eigenvalue weighted by Gasteiger charge is 2.17. The number of aryl methyl sites for hydroxylation is 1. The lowest BCUT2D eigenvalue weighted by atomic mass is 9.90. The number of hydrogen-bond donors (Lipinski definition) is 1. The lowest BCUT2D eigenvalue weighted by molar-refractivity contribution is 0.0686. The van der Waals surface area contributed by atoms with Gasteiger partial charge in [0.15, 0.2) is 11.5 Å². The van der Waals surface area contributed by atoms with Crippen LogP contribution in [0.3, 0.4) is 0 Å². The van der Waals surface area contributed by atoms with Crippen molar-refractivity contribution in [3.8, 4) is 11.3 Å². The fourth-order valence-electron chi connectivity index (χ4n) is 2.47. The zero-order valence-corrected chi connectivity index (χ0v) is 11.7. The monoisotopic (exact) mass is 321 g/mol. The van der Waals surface area contributed by atoms with E-state index in [-0.39, 0.29) is 5.69 Å². The van der Waals surface area contributed by atoms with Crippen LogP contribution in [0.1, 0.15) is 34.5 Å². The summed E-state index contributed by atoms with van der Waals surface area (Å²) in [5, 5.41) is 12.4. The summed E-state index contributed by atoms with van der Waals surface area (Å²) in [6, 6.07) is 5.50. The summed E-state index contributed by atoms with van der Waals surface area (Å²) in [4.78, 5) is 10.8. The largest absolute Gasteiger partial charge is 0.476 e. The van der Waals surface area contributed by atoms with Crippen molar-refractivity contribution in [3.63, 3.8) is 0 Å². The summed E-state index contributed by atoms with van der Waals surface area (Å²) in [6.45, 7) is 0. The second-order valence-corrected chi connectivity index (χ2v) is 5.54. The molecule has 1 aromatic carbocycles. The molecular weight excluding hydrogens is 310 g/mol. The van der Waals surface area contributed by atoms with Crippen LogP contribution in [0.4, 0.5) is 0 Å². The van der Waals surface area contributed by atoms with E-state index in [1.54, 1.807) is 0 Å². The Bertz CT molecular complexity index is 648. The first-order valence-electron chi connectivity index (χ1n) is 6.17. The van der Waals surface area contributed by atoms with Gasteiger partial charge in [0.25, 0.3) is 0 Å². The van der Waals surface area contributed by atoms with Crippen molar-refractivity contribution in [2.24, 2.45) is 0 Å². The predicted octanol–water partition coefficient (Wildman–Crippen LogP) is 3.68.